The molecule has 0 bridgehead atoms. The van der Waals surface area contributed by atoms with Crippen molar-refractivity contribution in [3.8, 4) is 0 Å². The number of carbonyl (C=O) groups is 2. The number of amides is 2. The molecule has 0 aliphatic carbocycles. The zero-order chi connectivity index (χ0) is 26.3. The molecule has 0 aliphatic rings. The van der Waals surface area contributed by atoms with Crippen LogP contribution in [-0.2, 0) is 27.0 Å². The van der Waals surface area contributed by atoms with E-state index in [0.29, 0.717) is 11.3 Å². The first-order chi connectivity index (χ1) is 16.6. The molecule has 0 aromatic heterocycles. The lowest BCUT2D eigenvalue weighted by atomic mass is 10.0. The van der Waals surface area contributed by atoms with E-state index in [9.17, 15) is 27.7 Å². The van der Waals surface area contributed by atoms with Crippen LogP contribution in [0.1, 0.15) is 37.8 Å². The predicted octanol–water partition coefficient (Wildman–Crippen LogP) is 4.96. The standard InChI is InChI=1S/C25H30F3N3O4/c1-4-7-9-22(8-5-2)35-17-24(33)30-20(6-3)14-21(31-34)15-23(32)29-16-18-10-12-19(13-11-18)25(26,27)28/h4-13,20-21H,3,14-17H2,1-2H3,(H,29,32)(H,30,33)/b7-4+,8-5+,22-9+. The lowest BCUT2D eigenvalue weighted by molar-refractivity contribution is -0.137. The molecule has 0 spiro atoms. The first-order valence-electron chi connectivity index (χ1n) is 10.9. The number of nitrogens with one attached hydrogen (secondary N) is 2. The van der Waals surface area contributed by atoms with Crippen LogP contribution in [0.2, 0.25) is 0 Å². The van der Waals surface area contributed by atoms with E-state index in [1.807, 2.05) is 19.9 Å². The number of hydrogen-bond donors (Lipinski definition) is 2. The lowest BCUT2D eigenvalue weighted by Gasteiger charge is -2.18. The summed E-state index contributed by atoms with van der Waals surface area (Å²) < 4.78 is 43.3. The topological polar surface area (TPSA) is 96.9 Å². The van der Waals surface area contributed by atoms with Gasteiger partial charge in [0.1, 0.15) is 11.8 Å². The Morgan fingerprint density at radius 1 is 1.14 bits per heavy atom. The summed E-state index contributed by atoms with van der Waals surface area (Å²) in [5.74, 6) is -0.452. The van der Waals surface area contributed by atoms with Gasteiger partial charge in [-0.25, -0.2) is 0 Å². The molecule has 0 saturated heterocycles. The van der Waals surface area contributed by atoms with Crippen LogP contribution in [0.3, 0.4) is 0 Å². The SMILES string of the molecule is C=CC(CC(CC(=O)NCc1ccc(C(F)(F)F)cc1)N=O)NC(=O)COC(/C=C/C)=C/C=C/C. The molecular formula is C25H30F3N3O4. The van der Waals surface area contributed by atoms with Crippen LogP contribution in [0, 0.1) is 4.91 Å². The van der Waals surface area contributed by atoms with Crippen molar-refractivity contribution >= 4 is 11.8 Å². The minimum absolute atomic E-state index is 0.00319. The molecule has 1 rings (SSSR count). The molecule has 2 unspecified atom stereocenters. The van der Waals surface area contributed by atoms with Crippen molar-refractivity contribution in [1.29, 1.82) is 0 Å². The largest absolute Gasteiger partial charge is 0.484 e. The van der Waals surface area contributed by atoms with E-state index in [2.05, 4.69) is 22.4 Å². The molecule has 2 atom stereocenters. The number of alkyl halides is 3. The molecule has 10 heteroatoms. The van der Waals surface area contributed by atoms with Crippen molar-refractivity contribution in [3.05, 3.63) is 89.1 Å². The summed E-state index contributed by atoms with van der Waals surface area (Å²) in [6.07, 6.45) is 5.53. The molecule has 7 nitrogen and oxygen atoms in total. The fourth-order valence-electron chi connectivity index (χ4n) is 2.87. The van der Waals surface area contributed by atoms with Gasteiger partial charge in [-0.05, 0) is 50.1 Å². The Morgan fingerprint density at radius 3 is 2.37 bits per heavy atom. The number of halogens is 3. The van der Waals surface area contributed by atoms with Crippen LogP contribution < -0.4 is 10.6 Å². The first-order valence-corrected chi connectivity index (χ1v) is 10.9. The summed E-state index contributed by atoms with van der Waals surface area (Å²) in [6.45, 7) is 7.03. The van der Waals surface area contributed by atoms with Gasteiger partial charge in [0.05, 0.1) is 12.0 Å². The Hall–Kier alpha value is -3.69. The molecule has 0 aliphatic heterocycles. The van der Waals surface area contributed by atoms with E-state index in [-0.39, 0.29) is 26.0 Å². The second-order valence-electron chi connectivity index (χ2n) is 7.46. The van der Waals surface area contributed by atoms with Gasteiger partial charge in [-0.2, -0.15) is 18.1 Å². The molecule has 190 valence electrons. The molecule has 35 heavy (non-hydrogen) atoms. The van der Waals surface area contributed by atoms with Gasteiger partial charge in [-0.3, -0.25) is 9.59 Å². The number of carbonyl (C=O) groups excluding carboxylic acids is 2. The van der Waals surface area contributed by atoms with Gasteiger partial charge < -0.3 is 15.4 Å². The number of allylic oxidation sites excluding steroid dienone is 5. The fourth-order valence-corrected chi connectivity index (χ4v) is 2.87. The number of benzene rings is 1. The molecule has 1 aromatic rings. The molecule has 0 radical (unpaired) electrons. The van der Waals surface area contributed by atoms with E-state index in [1.54, 1.807) is 24.3 Å². The van der Waals surface area contributed by atoms with Crippen LogP contribution in [0.5, 0.6) is 0 Å². The molecule has 0 fully saturated rings. The molecule has 1 aromatic carbocycles. The third kappa shape index (κ3) is 11.8. The minimum Gasteiger partial charge on any atom is -0.484 e. The van der Waals surface area contributed by atoms with Crippen LogP contribution >= 0.6 is 0 Å². The summed E-state index contributed by atoms with van der Waals surface area (Å²) in [5, 5.41) is 8.16. The lowest BCUT2D eigenvalue weighted by Crippen LogP contribution is -2.38. The van der Waals surface area contributed by atoms with Crippen LogP contribution in [0.4, 0.5) is 13.2 Å². The zero-order valence-electron chi connectivity index (χ0n) is 19.7. The highest BCUT2D eigenvalue weighted by Crippen LogP contribution is 2.29. The Labute approximate surface area is 202 Å². The second kappa shape index (κ2) is 15.3. The molecular weight excluding hydrogens is 463 g/mol. The summed E-state index contributed by atoms with van der Waals surface area (Å²) >= 11 is 0. The summed E-state index contributed by atoms with van der Waals surface area (Å²) in [6, 6.07) is 2.81. The predicted molar refractivity (Wildman–Crippen MR) is 128 cm³/mol. The number of nitroso groups, excluding NO2 is 1. The number of ether oxygens (including phenoxy) is 1. The van der Waals surface area contributed by atoms with Crippen LogP contribution in [0.15, 0.2) is 78.2 Å². The van der Waals surface area contributed by atoms with Gasteiger partial charge in [0.15, 0.2) is 6.61 Å². The molecule has 2 amide bonds. The average Bonchev–Trinajstić information content (AvgIpc) is 2.83. The Morgan fingerprint density at radius 2 is 1.83 bits per heavy atom. The summed E-state index contributed by atoms with van der Waals surface area (Å²) in [5.41, 5.74) is -0.313. The Bertz CT molecular complexity index is 938. The highest BCUT2D eigenvalue weighted by atomic mass is 19.4. The second-order valence-corrected chi connectivity index (χ2v) is 7.46. The quantitative estimate of drug-likeness (QED) is 0.166. The van der Waals surface area contributed by atoms with E-state index in [0.717, 1.165) is 12.1 Å². The van der Waals surface area contributed by atoms with E-state index < -0.39 is 35.6 Å². The van der Waals surface area contributed by atoms with Crippen molar-refractivity contribution in [2.24, 2.45) is 5.18 Å². The van der Waals surface area contributed by atoms with Gasteiger partial charge in [0, 0.05) is 12.6 Å². The van der Waals surface area contributed by atoms with E-state index >= 15 is 0 Å². The third-order valence-electron chi connectivity index (χ3n) is 4.65. The summed E-state index contributed by atoms with van der Waals surface area (Å²) in [4.78, 5) is 35.6. The van der Waals surface area contributed by atoms with E-state index in [4.69, 9.17) is 4.74 Å². The van der Waals surface area contributed by atoms with Crippen LogP contribution in [0.25, 0.3) is 0 Å². The monoisotopic (exact) mass is 493 g/mol. The maximum Gasteiger partial charge on any atom is 0.416 e. The van der Waals surface area contributed by atoms with Gasteiger partial charge in [-0.15, -0.1) is 6.58 Å². The number of rotatable bonds is 14. The maximum absolute atomic E-state index is 12.6. The van der Waals surface area contributed by atoms with Crippen molar-refractivity contribution in [1.82, 2.24) is 10.6 Å². The molecule has 0 saturated carbocycles. The van der Waals surface area contributed by atoms with Crippen molar-refractivity contribution in [2.75, 3.05) is 6.61 Å². The van der Waals surface area contributed by atoms with Crippen LogP contribution in [-0.4, -0.2) is 30.5 Å². The first kappa shape index (κ1) is 29.3. The molecule has 0 heterocycles. The van der Waals surface area contributed by atoms with Gasteiger partial charge in [0.25, 0.3) is 5.91 Å². The van der Waals surface area contributed by atoms with Crippen molar-refractivity contribution < 1.29 is 27.5 Å². The molecule has 2 N–H and O–H groups in total. The van der Waals surface area contributed by atoms with Gasteiger partial charge in [0.2, 0.25) is 5.91 Å². The number of hydrogen-bond acceptors (Lipinski definition) is 5. The zero-order valence-corrected chi connectivity index (χ0v) is 19.7. The van der Waals surface area contributed by atoms with E-state index in [1.165, 1.54) is 18.2 Å². The fraction of sp³-hybridized carbons (Fsp3) is 0.360. The van der Waals surface area contributed by atoms with Gasteiger partial charge >= 0.3 is 6.18 Å². The Kier molecular flexibility index (Phi) is 12.8. The minimum atomic E-state index is -4.44. The van der Waals surface area contributed by atoms with Crippen molar-refractivity contribution in [2.45, 2.75) is 51.5 Å². The number of nitrogens with zero attached hydrogens (tertiary/aromatic N) is 1. The maximum atomic E-state index is 12.6. The van der Waals surface area contributed by atoms with Gasteiger partial charge in [-0.1, -0.05) is 41.6 Å². The highest BCUT2D eigenvalue weighted by molar-refractivity contribution is 5.78. The highest BCUT2D eigenvalue weighted by Gasteiger charge is 2.30. The Balaban J connectivity index is 2.55. The normalized spacial score (nSPS) is 13.9. The summed E-state index contributed by atoms with van der Waals surface area (Å²) in [7, 11) is 0. The smallest absolute Gasteiger partial charge is 0.416 e. The van der Waals surface area contributed by atoms with Crippen molar-refractivity contribution in [3.63, 3.8) is 0 Å². The average molecular weight is 494 g/mol. The third-order valence-corrected chi connectivity index (χ3v) is 4.65.